The predicted octanol–water partition coefficient (Wildman–Crippen LogP) is 1.74. The number of esters is 1. The summed E-state index contributed by atoms with van der Waals surface area (Å²) in [4.78, 5) is 38.2. The van der Waals surface area contributed by atoms with Gasteiger partial charge in [-0.2, -0.15) is 11.8 Å². The number of methoxy groups -OCH3 is 1. The van der Waals surface area contributed by atoms with E-state index in [2.05, 4.69) is 5.32 Å². The summed E-state index contributed by atoms with van der Waals surface area (Å²) in [6, 6.07) is 15.6. The Morgan fingerprint density at radius 3 is 1.97 bits per heavy atom. The number of thioether (sulfide) groups is 1. The summed E-state index contributed by atoms with van der Waals surface area (Å²) in [5.74, 6) is -2.49. The second kappa shape index (κ2) is 28.4. The second-order valence-corrected chi connectivity index (χ2v) is 14.7. The van der Waals surface area contributed by atoms with Crippen molar-refractivity contribution in [2.75, 3.05) is 97.8 Å². The number of rotatable bonds is 31. The minimum absolute atomic E-state index is 0.0364. The number of aliphatic hydroxyl groups is 3. The van der Waals surface area contributed by atoms with E-state index in [1.54, 1.807) is 23.9 Å². The highest BCUT2D eigenvalue weighted by Crippen LogP contribution is 2.35. The number of nitrogens with two attached hydrogens (primary N) is 1. The lowest BCUT2D eigenvalue weighted by molar-refractivity contribution is -0.311. The zero-order chi connectivity index (χ0) is 42.0. The fourth-order valence-electron chi connectivity index (χ4n) is 6.07. The average molecular weight is 839 g/mol. The van der Waals surface area contributed by atoms with Crippen LogP contribution in [0, 0.1) is 0 Å². The number of hydrogen-bond acceptors (Lipinski definition) is 16. The van der Waals surface area contributed by atoms with Gasteiger partial charge < -0.3 is 64.3 Å². The highest BCUT2D eigenvalue weighted by molar-refractivity contribution is 7.99. The molecule has 6 atom stereocenters. The highest BCUT2D eigenvalue weighted by atomic mass is 32.2. The van der Waals surface area contributed by atoms with Crippen molar-refractivity contribution in [2.45, 2.75) is 68.9 Å². The van der Waals surface area contributed by atoms with Crippen molar-refractivity contribution in [3.8, 4) is 11.1 Å². The molecule has 1 aliphatic heterocycles. The van der Waals surface area contributed by atoms with Crippen molar-refractivity contribution in [3.05, 3.63) is 60.2 Å². The standard InChI is InChI=1S/C41H62N2O14S/c1-30(44)43-37-36(47)29-41(40(49)50-2,56-16-6-27-58-28-26-55-25-24-54-23-22-53-21-20-52-19-18-51-17-15-42)57-39(37)38(48)35(46)14-13-34(45)33-11-9-32(10-12-33)31-7-4-3-5-8-31/h3-5,7-12,35-39,46-48H,6,13-29,42H2,1-2H3,(H,43,44)/t35-,36-,37+,38-,39?,41-/m1/s1. The molecule has 1 fully saturated rings. The number of amides is 1. The van der Waals surface area contributed by atoms with Crippen molar-refractivity contribution < 1.29 is 67.6 Å². The molecule has 1 saturated heterocycles. The lowest BCUT2D eigenvalue weighted by Gasteiger charge is -2.47. The van der Waals surface area contributed by atoms with E-state index >= 15 is 0 Å². The fraction of sp³-hybridized carbons (Fsp3) is 0.634. The molecular formula is C41H62N2O14S. The summed E-state index contributed by atoms with van der Waals surface area (Å²) in [7, 11) is 1.14. The first-order chi connectivity index (χ1) is 28.1. The first-order valence-electron chi connectivity index (χ1n) is 19.7. The molecule has 6 N–H and O–H groups in total. The zero-order valence-electron chi connectivity index (χ0n) is 33.6. The van der Waals surface area contributed by atoms with E-state index in [-0.39, 0.29) is 25.2 Å². The molecule has 2 aromatic carbocycles. The Morgan fingerprint density at radius 2 is 1.40 bits per heavy atom. The van der Waals surface area contributed by atoms with Crippen LogP contribution in [0.25, 0.3) is 11.1 Å². The largest absolute Gasteiger partial charge is 0.465 e. The Morgan fingerprint density at radius 1 is 0.828 bits per heavy atom. The van der Waals surface area contributed by atoms with Gasteiger partial charge in [-0.05, 0) is 29.7 Å². The summed E-state index contributed by atoms with van der Waals surface area (Å²) in [5.41, 5.74) is 7.74. The Hall–Kier alpha value is -3.04. The third-order valence-corrected chi connectivity index (χ3v) is 10.1. The van der Waals surface area contributed by atoms with E-state index in [1.165, 1.54) is 6.92 Å². The molecule has 1 amide bonds. The second-order valence-electron chi connectivity index (χ2n) is 13.5. The molecule has 1 heterocycles. The van der Waals surface area contributed by atoms with Gasteiger partial charge in [0.2, 0.25) is 5.91 Å². The monoisotopic (exact) mass is 838 g/mol. The summed E-state index contributed by atoms with van der Waals surface area (Å²) in [6.45, 7) is 6.55. The number of ether oxygens (including phenoxy) is 8. The van der Waals surface area contributed by atoms with Crippen LogP contribution >= 0.6 is 11.8 Å². The van der Waals surface area contributed by atoms with Gasteiger partial charge in [0.05, 0.1) is 98.0 Å². The van der Waals surface area contributed by atoms with Gasteiger partial charge in [-0.15, -0.1) is 0 Å². The van der Waals surface area contributed by atoms with Gasteiger partial charge in [0, 0.05) is 37.6 Å². The van der Waals surface area contributed by atoms with E-state index in [4.69, 9.17) is 43.6 Å². The van der Waals surface area contributed by atoms with Crippen molar-refractivity contribution >= 4 is 29.4 Å². The molecule has 326 valence electrons. The van der Waals surface area contributed by atoms with E-state index in [0.29, 0.717) is 96.1 Å². The molecule has 1 aliphatic rings. The van der Waals surface area contributed by atoms with Crippen LogP contribution in [0.3, 0.4) is 0 Å². The van der Waals surface area contributed by atoms with Crippen LogP contribution in [-0.4, -0.2) is 167 Å². The van der Waals surface area contributed by atoms with Gasteiger partial charge in [-0.1, -0.05) is 54.6 Å². The molecule has 0 aromatic heterocycles. The van der Waals surface area contributed by atoms with Crippen LogP contribution in [0.4, 0.5) is 0 Å². The third kappa shape index (κ3) is 17.7. The topological polar surface area (TPSA) is 224 Å². The number of hydrogen-bond donors (Lipinski definition) is 5. The number of Topliss-reactive ketones (excluding diaryl/α,β-unsaturated/α-hetero) is 1. The Bertz CT molecular complexity index is 1440. The van der Waals surface area contributed by atoms with E-state index in [1.807, 2.05) is 42.5 Å². The Balaban J connectivity index is 1.39. The van der Waals surface area contributed by atoms with Gasteiger partial charge in [0.15, 0.2) is 5.78 Å². The smallest absolute Gasteiger partial charge is 0.366 e. The van der Waals surface area contributed by atoms with E-state index in [9.17, 15) is 29.7 Å². The summed E-state index contributed by atoms with van der Waals surface area (Å²) in [5, 5.41) is 36.1. The molecular weight excluding hydrogens is 777 g/mol. The molecule has 0 radical (unpaired) electrons. The molecule has 0 aliphatic carbocycles. The first-order valence-corrected chi connectivity index (χ1v) is 20.8. The molecule has 0 bridgehead atoms. The van der Waals surface area contributed by atoms with Gasteiger partial charge in [-0.3, -0.25) is 9.59 Å². The summed E-state index contributed by atoms with van der Waals surface area (Å²) < 4.78 is 44.1. The number of carbonyl (C=O) groups is 3. The van der Waals surface area contributed by atoms with Gasteiger partial charge in [-0.25, -0.2) is 4.79 Å². The van der Waals surface area contributed by atoms with Crippen LogP contribution in [0.2, 0.25) is 0 Å². The number of carbonyl (C=O) groups excluding carboxylic acids is 3. The van der Waals surface area contributed by atoms with Crippen molar-refractivity contribution in [1.29, 1.82) is 0 Å². The summed E-state index contributed by atoms with van der Waals surface area (Å²) in [6.07, 6.45) is -6.36. The fourth-order valence-corrected chi connectivity index (χ4v) is 6.83. The lowest BCUT2D eigenvalue weighted by Crippen LogP contribution is -2.67. The van der Waals surface area contributed by atoms with Crippen LogP contribution in [0.5, 0.6) is 0 Å². The van der Waals surface area contributed by atoms with Crippen molar-refractivity contribution in [2.24, 2.45) is 5.73 Å². The van der Waals surface area contributed by atoms with E-state index < -0.39 is 54.5 Å². The average Bonchev–Trinajstić information content (AvgIpc) is 3.23. The molecule has 16 nitrogen and oxygen atoms in total. The highest BCUT2D eigenvalue weighted by Gasteiger charge is 2.56. The number of benzene rings is 2. The predicted molar refractivity (Wildman–Crippen MR) is 216 cm³/mol. The maximum Gasteiger partial charge on any atom is 0.366 e. The van der Waals surface area contributed by atoms with Gasteiger partial charge in [0.1, 0.15) is 12.2 Å². The zero-order valence-corrected chi connectivity index (χ0v) is 34.4. The molecule has 0 spiro atoms. The molecule has 1 unspecified atom stereocenters. The third-order valence-electron chi connectivity index (χ3n) is 9.04. The first kappa shape index (κ1) is 49.3. The normalized spacial score (nSPS) is 20.3. The van der Waals surface area contributed by atoms with Gasteiger partial charge in [0.25, 0.3) is 5.79 Å². The number of aliphatic hydroxyl groups excluding tert-OH is 3. The SMILES string of the molecule is COC(=O)[C@@]1(OCCCSCCOCCOCCOCCOCCOCCN)C[C@@H](O)[C@H](NC(C)=O)C([C@H](O)[C@H](O)CCC(=O)c2ccc(-c3ccccc3)cc2)O1. The molecule has 0 saturated carbocycles. The lowest BCUT2D eigenvalue weighted by atomic mass is 9.87. The van der Waals surface area contributed by atoms with Crippen LogP contribution in [-0.2, 0) is 47.5 Å². The molecule has 3 rings (SSSR count). The number of ketones is 1. The van der Waals surface area contributed by atoms with Crippen LogP contribution < -0.4 is 11.1 Å². The molecule has 2 aromatic rings. The Labute approximate surface area is 345 Å². The van der Waals surface area contributed by atoms with Crippen molar-refractivity contribution in [1.82, 2.24) is 5.32 Å². The maximum atomic E-state index is 13.1. The quantitative estimate of drug-likeness (QED) is 0.0415. The van der Waals surface area contributed by atoms with Crippen molar-refractivity contribution in [3.63, 3.8) is 0 Å². The molecule has 17 heteroatoms. The minimum atomic E-state index is -2.13. The van der Waals surface area contributed by atoms with E-state index in [0.717, 1.165) is 18.2 Å². The minimum Gasteiger partial charge on any atom is -0.465 e. The van der Waals surface area contributed by atoms with Gasteiger partial charge >= 0.3 is 5.97 Å². The molecule has 58 heavy (non-hydrogen) atoms. The summed E-state index contributed by atoms with van der Waals surface area (Å²) >= 11 is 1.62. The maximum absolute atomic E-state index is 13.1. The van der Waals surface area contributed by atoms with Crippen LogP contribution in [0.15, 0.2) is 54.6 Å². The Kier molecular flexibility index (Phi) is 24.2. The van der Waals surface area contributed by atoms with Crippen LogP contribution in [0.1, 0.15) is 43.0 Å². The number of nitrogens with one attached hydrogen (secondary N) is 1.